The van der Waals surface area contributed by atoms with Crippen molar-refractivity contribution >= 4 is 6.03 Å². The van der Waals surface area contributed by atoms with Crippen molar-refractivity contribution in [2.24, 2.45) is 0 Å². The number of aliphatic hydroxyl groups is 2. The highest BCUT2D eigenvalue weighted by atomic mass is 16.5. The molecule has 2 aliphatic rings. The minimum absolute atomic E-state index is 0.113. The van der Waals surface area contributed by atoms with Crippen LogP contribution < -0.4 is 0 Å². The first-order valence-electron chi connectivity index (χ1n) is 6.40. The Morgan fingerprint density at radius 1 is 1.58 bits per heavy atom. The van der Waals surface area contributed by atoms with Gasteiger partial charge < -0.3 is 14.9 Å². The Kier molecular flexibility index (Phi) is 3.04. The summed E-state index contributed by atoms with van der Waals surface area (Å²) < 4.78 is 7.05. The maximum absolute atomic E-state index is 12.3. The Bertz CT molecular complexity index is 489. The predicted octanol–water partition coefficient (Wildman–Crippen LogP) is -0.262. The second-order valence-electron chi connectivity index (χ2n) is 5.11. The molecule has 0 bridgehead atoms. The minimum atomic E-state index is -0.734. The molecule has 19 heavy (non-hydrogen) atoms. The van der Waals surface area contributed by atoms with Gasteiger partial charge in [0.1, 0.15) is 18.2 Å². The number of carbonyl (C=O) groups is 1. The maximum atomic E-state index is 12.3. The van der Waals surface area contributed by atoms with E-state index in [1.54, 1.807) is 17.3 Å². The second kappa shape index (κ2) is 4.59. The molecule has 0 radical (unpaired) electrons. The normalized spacial score (nSPS) is 34.7. The van der Waals surface area contributed by atoms with Crippen molar-refractivity contribution in [3.63, 3.8) is 0 Å². The summed E-state index contributed by atoms with van der Waals surface area (Å²) in [6, 6.07) is -0.193. The van der Waals surface area contributed by atoms with Crippen LogP contribution in [-0.2, 0) is 4.74 Å². The highest BCUT2D eigenvalue weighted by molar-refractivity contribution is 5.79. The summed E-state index contributed by atoms with van der Waals surface area (Å²) in [7, 11) is 0. The summed E-state index contributed by atoms with van der Waals surface area (Å²) in [6.45, 7) is 2.25. The Balaban J connectivity index is 1.82. The first kappa shape index (κ1) is 12.6. The van der Waals surface area contributed by atoms with Crippen molar-refractivity contribution in [1.82, 2.24) is 14.5 Å². The Labute approximate surface area is 110 Å². The van der Waals surface area contributed by atoms with E-state index in [4.69, 9.17) is 9.84 Å². The van der Waals surface area contributed by atoms with Gasteiger partial charge in [0.05, 0.1) is 12.7 Å². The third-order valence-electron chi connectivity index (χ3n) is 3.76. The largest absolute Gasteiger partial charge is 0.394 e. The molecule has 3 rings (SSSR count). The lowest BCUT2D eigenvalue weighted by Crippen LogP contribution is -2.48. The number of aliphatic hydroxyl groups excluding tert-OH is 2. The zero-order valence-electron chi connectivity index (χ0n) is 10.6. The molecule has 1 saturated heterocycles. The topological polar surface area (TPSA) is 87.8 Å². The molecule has 0 aromatic carbocycles. The Morgan fingerprint density at radius 2 is 2.37 bits per heavy atom. The van der Waals surface area contributed by atoms with E-state index in [-0.39, 0.29) is 18.6 Å². The highest BCUT2D eigenvalue weighted by Crippen LogP contribution is 2.29. The fraction of sp³-hybridized carbons (Fsp3) is 0.667. The van der Waals surface area contributed by atoms with Crippen molar-refractivity contribution in [3.8, 4) is 0 Å². The first-order valence-corrected chi connectivity index (χ1v) is 6.40. The molecule has 0 aliphatic carbocycles. The molecule has 0 spiro atoms. The van der Waals surface area contributed by atoms with Gasteiger partial charge in [-0.15, -0.1) is 0 Å². The van der Waals surface area contributed by atoms with Crippen LogP contribution >= 0.6 is 0 Å². The van der Waals surface area contributed by atoms with Crippen LogP contribution in [0.5, 0.6) is 0 Å². The summed E-state index contributed by atoms with van der Waals surface area (Å²) in [5.74, 6) is 0.861. The van der Waals surface area contributed by atoms with Crippen LogP contribution in [0.1, 0.15) is 25.1 Å². The van der Waals surface area contributed by atoms with Crippen molar-refractivity contribution in [2.75, 3.05) is 13.2 Å². The van der Waals surface area contributed by atoms with E-state index in [1.165, 1.54) is 4.57 Å². The summed E-state index contributed by atoms with van der Waals surface area (Å²) in [5.41, 5.74) is 0. The summed E-state index contributed by atoms with van der Waals surface area (Å²) in [5, 5.41) is 18.8. The third kappa shape index (κ3) is 1.94. The van der Waals surface area contributed by atoms with Gasteiger partial charge in [-0.05, 0) is 0 Å². The number of fused-ring (bicyclic) bond motifs is 1. The number of hydrogen-bond acceptors (Lipinski definition) is 5. The Hall–Kier alpha value is -1.44. The first-order chi connectivity index (χ1) is 9.11. The van der Waals surface area contributed by atoms with Gasteiger partial charge in [0.2, 0.25) is 0 Å². The van der Waals surface area contributed by atoms with Crippen molar-refractivity contribution < 1.29 is 19.7 Å². The summed E-state index contributed by atoms with van der Waals surface area (Å²) in [4.78, 5) is 18.1. The van der Waals surface area contributed by atoms with Gasteiger partial charge in [-0.25, -0.2) is 9.78 Å². The standard InChI is InChI=1S/C12H17N3O4/c1-7-5-15(10-4-8(17)9(6-16)19-10)12(18)14-3-2-13-11(7)14/h2-3,7-10,16-17H,4-6H2,1H3/t7?,8-,9+,10+/m0/s1. The van der Waals surface area contributed by atoms with Crippen LogP contribution in [0.4, 0.5) is 4.79 Å². The van der Waals surface area contributed by atoms with Crippen molar-refractivity contribution in [2.45, 2.75) is 37.7 Å². The molecule has 2 N–H and O–H groups in total. The molecular weight excluding hydrogens is 250 g/mol. The fourth-order valence-corrected chi connectivity index (χ4v) is 2.75. The number of nitrogens with zero attached hydrogens (tertiary/aromatic N) is 3. The molecule has 104 valence electrons. The number of ether oxygens (including phenoxy) is 1. The molecule has 2 aliphatic heterocycles. The van der Waals surface area contributed by atoms with Gasteiger partial charge in [0, 0.05) is 31.3 Å². The average molecular weight is 267 g/mol. The molecule has 1 aromatic heterocycles. The zero-order valence-corrected chi connectivity index (χ0v) is 10.6. The molecule has 1 aromatic rings. The molecule has 7 heteroatoms. The number of amides is 1. The number of hydrogen-bond donors (Lipinski definition) is 2. The van der Waals surface area contributed by atoms with Crippen LogP contribution in [-0.4, -0.2) is 62.3 Å². The van der Waals surface area contributed by atoms with E-state index in [2.05, 4.69) is 4.98 Å². The molecule has 4 atom stereocenters. The molecule has 7 nitrogen and oxygen atoms in total. The molecule has 1 unspecified atom stereocenters. The van der Waals surface area contributed by atoms with E-state index >= 15 is 0 Å². The van der Waals surface area contributed by atoms with Gasteiger partial charge in [-0.3, -0.25) is 9.47 Å². The quantitative estimate of drug-likeness (QED) is 0.770. The lowest BCUT2D eigenvalue weighted by molar-refractivity contribution is -0.0668. The second-order valence-corrected chi connectivity index (χ2v) is 5.11. The average Bonchev–Trinajstić information content (AvgIpc) is 3.00. The smallest absolute Gasteiger partial charge is 0.331 e. The molecular formula is C12H17N3O4. The molecule has 1 fully saturated rings. The van der Waals surface area contributed by atoms with Crippen LogP contribution in [0.15, 0.2) is 12.4 Å². The fourth-order valence-electron chi connectivity index (χ4n) is 2.75. The van der Waals surface area contributed by atoms with Crippen LogP contribution in [0.3, 0.4) is 0 Å². The van der Waals surface area contributed by atoms with E-state index in [0.717, 1.165) is 5.82 Å². The lowest BCUT2D eigenvalue weighted by Gasteiger charge is -2.35. The third-order valence-corrected chi connectivity index (χ3v) is 3.76. The van der Waals surface area contributed by atoms with Gasteiger partial charge in [-0.2, -0.15) is 0 Å². The van der Waals surface area contributed by atoms with E-state index in [9.17, 15) is 9.90 Å². The van der Waals surface area contributed by atoms with Crippen molar-refractivity contribution in [3.05, 3.63) is 18.2 Å². The molecule has 3 heterocycles. The molecule has 1 amide bonds. The zero-order chi connectivity index (χ0) is 13.6. The number of rotatable bonds is 2. The van der Waals surface area contributed by atoms with Crippen LogP contribution in [0.2, 0.25) is 0 Å². The van der Waals surface area contributed by atoms with Gasteiger partial charge >= 0.3 is 6.03 Å². The monoisotopic (exact) mass is 267 g/mol. The van der Waals surface area contributed by atoms with Gasteiger partial charge in [0.25, 0.3) is 0 Å². The highest BCUT2D eigenvalue weighted by Gasteiger charge is 2.41. The minimum Gasteiger partial charge on any atom is -0.394 e. The maximum Gasteiger partial charge on any atom is 0.331 e. The van der Waals surface area contributed by atoms with E-state index in [0.29, 0.717) is 13.0 Å². The summed E-state index contributed by atoms with van der Waals surface area (Å²) >= 11 is 0. The van der Waals surface area contributed by atoms with Crippen molar-refractivity contribution in [1.29, 1.82) is 0 Å². The van der Waals surface area contributed by atoms with Crippen LogP contribution in [0, 0.1) is 0 Å². The Morgan fingerprint density at radius 3 is 3.05 bits per heavy atom. The lowest BCUT2D eigenvalue weighted by atomic mass is 10.1. The van der Waals surface area contributed by atoms with E-state index in [1.807, 2.05) is 6.92 Å². The van der Waals surface area contributed by atoms with E-state index < -0.39 is 18.4 Å². The number of imidazole rings is 1. The number of carbonyl (C=O) groups excluding carboxylic acids is 1. The summed E-state index contributed by atoms with van der Waals surface area (Å²) in [6.07, 6.45) is 1.73. The number of aromatic nitrogens is 2. The molecule has 0 saturated carbocycles. The predicted molar refractivity (Wildman–Crippen MR) is 64.5 cm³/mol. The van der Waals surface area contributed by atoms with Crippen LogP contribution in [0.25, 0.3) is 0 Å². The SMILES string of the molecule is CC1CN([C@H]2C[C@H](O)[C@@H](CO)O2)C(=O)n2ccnc21. The van der Waals surface area contributed by atoms with Gasteiger partial charge in [-0.1, -0.05) is 6.92 Å². The van der Waals surface area contributed by atoms with Gasteiger partial charge in [0.15, 0.2) is 0 Å².